The van der Waals surface area contributed by atoms with Crippen molar-refractivity contribution in [2.24, 2.45) is 0 Å². The first-order valence-corrected chi connectivity index (χ1v) is 7.62. The van der Waals surface area contributed by atoms with Gasteiger partial charge in [-0.1, -0.05) is 19.1 Å². The van der Waals surface area contributed by atoms with Crippen LogP contribution >= 0.6 is 0 Å². The van der Waals surface area contributed by atoms with Gasteiger partial charge in [-0.25, -0.2) is 0 Å². The Kier molecular flexibility index (Phi) is 3.88. The third kappa shape index (κ3) is 2.50. The fourth-order valence-corrected chi connectivity index (χ4v) is 3.35. The molecule has 1 aliphatic rings. The molecular formula is C17H23N3. The number of benzene rings is 1. The average Bonchev–Trinajstić information content (AvgIpc) is 2.47. The zero-order valence-electron chi connectivity index (χ0n) is 12.3. The molecule has 3 heteroatoms. The van der Waals surface area contributed by atoms with Gasteiger partial charge in [0.2, 0.25) is 0 Å². The highest BCUT2D eigenvalue weighted by Crippen LogP contribution is 2.31. The third-order valence-electron chi connectivity index (χ3n) is 4.34. The van der Waals surface area contributed by atoms with E-state index in [2.05, 4.69) is 53.3 Å². The lowest BCUT2D eigenvalue weighted by Crippen LogP contribution is -2.47. The minimum atomic E-state index is 0.568. The van der Waals surface area contributed by atoms with Crippen LogP contribution in [-0.4, -0.2) is 30.2 Å². The van der Waals surface area contributed by atoms with E-state index in [-0.39, 0.29) is 0 Å². The van der Waals surface area contributed by atoms with Crippen LogP contribution < -0.4 is 10.2 Å². The van der Waals surface area contributed by atoms with E-state index in [0.717, 1.165) is 13.1 Å². The van der Waals surface area contributed by atoms with Crippen LogP contribution in [0.1, 0.15) is 26.7 Å². The number of rotatable bonds is 3. The van der Waals surface area contributed by atoms with Gasteiger partial charge in [0.15, 0.2) is 0 Å². The summed E-state index contributed by atoms with van der Waals surface area (Å²) in [4.78, 5) is 6.84. The van der Waals surface area contributed by atoms with Crippen LogP contribution in [0.4, 0.5) is 5.69 Å². The molecule has 106 valence electrons. The van der Waals surface area contributed by atoms with Crippen LogP contribution in [-0.2, 0) is 0 Å². The van der Waals surface area contributed by atoms with Crippen LogP contribution in [0.5, 0.6) is 0 Å². The molecule has 2 heterocycles. The van der Waals surface area contributed by atoms with E-state index in [0.29, 0.717) is 12.1 Å². The Balaban J connectivity index is 1.88. The molecule has 1 aliphatic heterocycles. The van der Waals surface area contributed by atoms with Gasteiger partial charge in [-0.15, -0.1) is 0 Å². The highest BCUT2D eigenvalue weighted by atomic mass is 15.2. The summed E-state index contributed by atoms with van der Waals surface area (Å²) in [6.07, 6.45) is 6.29. The third-order valence-corrected chi connectivity index (χ3v) is 4.34. The molecule has 3 nitrogen and oxygen atoms in total. The lowest BCUT2D eigenvalue weighted by Gasteiger charge is -2.40. The Labute approximate surface area is 121 Å². The second kappa shape index (κ2) is 5.80. The van der Waals surface area contributed by atoms with Gasteiger partial charge in [-0.3, -0.25) is 4.98 Å². The fraction of sp³-hybridized carbons (Fsp3) is 0.471. The quantitative estimate of drug-likeness (QED) is 0.927. The van der Waals surface area contributed by atoms with E-state index in [9.17, 15) is 0 Å². The van der Waals surface area contributed by atoms with Crippen LogP contribution in [0, 0.1) is 0 Å². The second-order valence-corrected chi connectivity index (χ2v) is 5.70. The summed E-state index contributed by atoms with van der Waals surface area (Å²) in [7, 11) is 0. The average molecular weight is 269 g/mol. The molecule has 0 bridgehead atoms. The fourth-order valence-electron chi connectivity index (χ4n) is 3.35. The number of piperidine rings is 1. The van der Waals surface area contributed by atoms with Crippen molar-refractivity contribution in [1.82, 2.24) is 10.3 Å². The molecule has 2 aromatic rings. The molecule has 0 amide bonds. The lowest BCUT2D eigenvalue weighted by molar-refractivity contribution is 0.374. The number of anilines is 1. The zero-order chi connectivity index (χ0) is 13.9. The molecule has 1 N–H and O–H groups in total. The van der Waals surface area contributed by atoms with Crippen molar-refractivity contribution in [3.05, 3.63) is 36.7 Å². The Morgan fingerprint density at radius 1 is 1.35 bits per heavy atom. The van der Waals surface area contributed by atoms with Crippen molar-refractivity contribution in [2.45, 2.75) is 38.8 Å². The molecule has 1 saturated heterocycles. The van der Waals surface area contributed by atoms with E-state index in [1.165, 1.54) is 29.3 Å². The standard InChI is InChI=1S/C17H23N3/c1-3-19-15-8-10-20(13(2)11-15)17-6-4-5-14-7-9-18-12-16(14)17/h4-7,9,12-13,15,19H,3,8,10-11H2,1-2H3. The minimum absolute atomic E-state index is 0.568. The molecular weight excluding hydrogens is 246 g/mol. The van der Waals surface area contributed by atoms with Crippen molar-refractivity contribution < 1.29 is 0 Å². The monoisotopic (exact) mass is 269 g/mol. The maximum absolute atomic E-state index is 4.30. The van der Waals surface area contributed by atoms with E-state index in [4.69, 9.17) is 0 Å². The molecule has 1 aromatic heterocycles. The van der Waals surface area contributed by atoms with E-state index in [1.54, 1.807) is 0 Å². The summed E-state index contributed by atoms with van der Waals surface area (Å²) in [5, 5.41) is 6.13. The molecule has 1 fully saturated rings. The zero-order valence-corrected chi connectivity index (χ0v) is 12.3. The number of fused-ring (bicyclic) bond motifs is 1. The van der Waals surface area contributed by atoms with Gasteiger partial charge in [0.25, 0.3) is 0 Å². The minimum Gasteiger partial charge on any atom is -0.368 e. The maximum atomic E-state index is 4.30. The van der Waals surface area contributed by atoms with Gasteiger partial charge >= 0.3 is 0 Å². The topological polar surface area (TPSA) is 28.2 Å². The summed E-state index contributed by atoms with van der Waals surface area (Å²) < 4.78 is 0. The van der Waals surface area contributed by atoms with E-state index in [1.807, 2.05) is 12.4 Å². The van der Waals surface area contributed by atoms with Gasteiger partial charge in [-0.05, 0) is 43.8 Å². The summed E-state index contributed by atoms with van der Waals surface area (Å²) in [6.45, 7) is 6.70. The number of pyridine rings is 1. The number of nitrogens with one attached hydrogen (secondary N) is 1. The Bertz CT molecular complexity index is 576. The molecule has 0 spiro atoms. The summed E-state index contributed by atoms with van der Waals surface area (Å²) in [5.74, 6) is 0. The molecule has 0 radical (unpaired) electrons. The van der Waals surface area contributed by atoms with Crippen molar-refractivity contribution in [2.75, 3.05) is 18.0 Å². The van der Waals surface area contributed by atoms with Gasteiger partial charge in [0, 0.05) is 42.1 Å². The van der Waals surface area contributed by atoms with Crippen LogP contribution in [0.3, 0.4) is 0 Å². The molecule has 0 saturated carbocycles. The molecule has 2 atom stereocenters. The van der Waals surface area contributed by atoms with Gasteiger partial charge in [0.05, 0.1) is 0 Å². The SMILES string of the molecule is CCNC1CCN(c2cccc3ccncc23)C(C)C1. The highest BCUT2D eigenvalue weighted by Gasteiger charge is 2.25. The number of hydrogen-bond acceptors (Lipinski definition) is 3. The number of hydrogen-bond donors (Lipinski definition) is 1. The van der Waals surface area contributed by atoms with Gasteiger partial charge in [0.1, 0.15) is 0 Å². The van der Waals surface area contributed by atoms with Gasteiger partial charge < -0.3 is 10.2 Å². The molecule has 0 aliphatic carbocycles. The Hall–Kier alpha value is -1.61. The molecule has 2 unspecified atom stereocenters. The van der Waals surface area contributed by atoms with Crippen LogP contribution in [0.25, 0.3) is 10.8 Å². The smallest absolute Gasteiger partial charge is 0.0463 e. The van der Waals surface area contributed by atoms with Crippen molar-refractivity contribution in [3.8, 4) is 0 Å². The number of nitrogens with zero attached hydrogens (tertiary/aromatic N) is 2. The van der Waals surface area contributed by atoms with Gasteiger partial charge in [-0.2, -0.15) is 0 Å². The predicted octanol–water partition coefficient (Wildman–Crippen LogP) is 3.20. The van der Waals surface area contributed by atoms with E-state index < -0.39 is 0 Å². The van der Waals surface area contributed by atoms with E-state index >= 15 is 0 Å². The predicted molar refractivity (Wildman–Crippen MR) is 85.2 cm³/mol. The Morgan fingerprint density at radius 2 is 2.25 bits per heavy atom. The first-order valence-electron chi connectivity index (χ1n) is 7.62. The first-order chi connectivity index (χ1) is 9.79. The number of aromatic nitrogens is 1. The molecule has 3 rings (SSSR count). The lowest BCUT2D eigenvalue weighted by atomic mass is 9.96. The van der Waals surface area contributed by atoms with Crippen LogP contribution in [0.2, 0.25) is 0 Å². The normalized spacial score (nSPS) is 23.2. The first kappa shape index (κ1) is 13.4. The molecule has 1 aromatic carbocycles. The maximum Gasteiger partial charge on any atom is 0.0463 e. The Morgan fingerprint density at radius 3 is 3.05 bits per heavy atom. The highest BCUT2D eigenvalue weighted by molar-refractivity contribution is 5.93. The second-order valence-electron chi connectivity index (χ2n) is 5.70. The summed E-state index contributed by atoms with van der Waals surface area (Å²) in [6, 6.07) is 9.87. The molecule has 20 heavy (non-hydrogen) atoms. The van der Waals surface area contributed by atoms with Crippen molar-refractivity contribution in [1.29, 1.82) is 0 Å². The van der Waals surface area contributed by atoms with Crippen LogP contribution in [0.15, 0.2) is 36.7 Å². The summed E-state index contributed by atoms with van der Waals surface area (Å²) in [5.41, 5.74) is 1.33. The van der Waals surface area contributed by atoms with Crippen molar-refractivity contribution in [3.63, 3.8) is 0 Å². The summed E-state index contributed by atoms with van der Waals surface area (Å²) >= 11 is 0. The van der Waals surface area contributed by atoms with Crippen molar-refractivity contribution >= 4 is 16.5 Å². The largest absolute Gasteiger partial charge is 0.368 e.